The minimum atomic E-state index is -0.517. The predicted molar refractivity (Wildman–Crippen MR) is 91.3 cm³/mol. The van der Waals surface area contributed by atoms with Crippen molar-refractivity contribution in [3.05, 3.63) is 28.2 Å². The number of nitrogens with zero attached hydrogens (tertiary/aromatic N) is 2. The summed E-state index contributed by atoms with van der Waals surface area (Å²) in [5.41, 5.74) is -0.517. The summed E-state index contributed by atoms with van der Waals surface area (Å²) in [6.45, 7) is 6.73. The van der Waals surface area contributed by atoms with Crippen LogP contribution in [0.25, 0.3) is 0 Å². The fourth-order valence-corrected chi connectivity index (χ4v) is 3.45. The molecule has 0 aromatic heterocycles. The largest absolute Gasteiger partial charge is 0.444 e. The highest BCUT2D eigenvalue weighted by Gasteiger charge is 2.35. The van der Waals surface area contributed by atoms with Crippen LogP contribution < -0.4 is 0 Å². The second-order valence-corrected chi connectivity index (χ2v) is 7.71. The second-order valence-electron chi connectivity index (χ2n) is 7.28. The molecule has 1 unspecified atom stereocenters. The van der Waals surface area contributed by atoms with Gasteiger partial charge in [0.1, 0.15) is 11.6 Å². The average Bonchev–Trinajstić information content (AvgIpc) is 2.47. The van der Waals surface area contributed by atoms with E-state index in [1.54, 1.807) is 4.90 Å². The standard InChI is InChI=1S/C17H25ClN2O3/c1-17(2,3)23-16(21)20-9-5-7-13(11-20)15(19-22)12-6-4-8-14(18)10-12/h4,8,10,12-13,15H,5-7,9,11H2,1-3H3/t12?,13-,15+/m1/s1. The fraction of sp³-hybridized carbons (Fsp3) is 0.706. The first-order valence-electron chi connectivity index (χ1n) is 8.14. The van der Waals surface area contributed by atoms with Crippen LogP contribution in [0.4, 0.5) is 4.79 Å². The fourth-order valence-electron chi connectivity index (χ4n) is 3.20. The van der Waals surface area contributed by atoms with Crippen LogP contribution in [-0.4, -0.2) is 35.7 Å². The number of carbonyl (C=O) groups excluding carboxylic acids is 1. The highest BCUT2D eigenvalue weighted by Crippen LogP contribution is 2.32. The molecule has 1 amide bonds. The molecule has 0 bridgehead atoms. The number of halogens is 1. The van der Waals surface area contributed by atoms with E-state index in [0.29, 0.717) is 18.1 Å². The van der Waals surface area contributed by atoms with Crippen molar-refractivity contribution < 1.29 is 9.53 Å². The van der Waals surface area contributed by atoms with Gasteiger partial charge < -0.3 is 9.64 Å². The molecule has 1 heterocycles. The number of ether oxygens (including phenoxy) is 1. The minimum absolute atomic E-state index is 0.00795. The van der Waals surface area contributed by atoms with E-state index in [1.165, 1.54) is 0 Å². The summed E-state index contributed by atoms with van der Waals surface area (Å²) in [6.07, 6.45) is 7.91. The Kier molecular flexibility index (Phi) is 5.84. The van der Waals surface area contributed by atoms with Crippen LogP contribution in [0.3, 0.4) is 0 Å². The van der Waals surface area contributed by atoms with Crippen LogP contribution in [0.2, 0.25) is 0 Å². The van der Waals surface area contributed by atoms with E-state index in [-0.39, 0.29) is 24.0 Å². The summed E-state index contributed by atoms with van der Waals surface area (Å²) in [5.74, 6) is 0.0552. The zero-order valence-corrected chi connectivity index (χ0v) is 14.8. The van der Waals surface area contributed by atoms with Crippen LogP contribution in [-0.2, 0) is 4.74 Å². The Bertz CT molecular complexity index is 510. The zero-order valence-electron chi connectivity index (χ0n) is 14.0. The molecule has 1 fully saturated rings. The molecule has 2 rings (SSSR count). The highest BCUT2D eigenvalue weighted by atomic mass is 35.5. The topological polar surface area (TPSA) is 59.0 Å². The zero-order chi connectivity index (χ0) is 17.0. The van der Waals surface area contributed by atoms with Crippen LogP contribution in [0.1, 0.15) is 40.0 Å². The maximum absolute atomic E-state index is 12.2. The maximum atomic E-state index is 12.2. The first kappa shape index (κ1) is 18.0. The Morgan fingerprint density at radius 1 is 1.48 bits per heavy atom. The van der Waals surface area contributed by atoms with E-state index < -0.39 is 5.60 Å². The molecule has 2 aliphatic rings. The molecule has 0 radical (unpaired) electrons. The van der Waals surface area contributed by atoms with Gasteiger partial charge in [0.2, 0.25) is 0 Å². The molecule has 0 spiro atoms. The number of allylic oxidation sites excluding steroid dienone is 3. The lowest BCUT2D eigenvalue weighted by atomic mass is 9.81. The Hall–Kier alpha value is -1.36. The summed E-state index contributed by atoms with van der Waals surface area (Å²) < 4.78 is 5.44. The van der Waals surface area contributed by atoms with Gasteiger partial charge >= 0.3 is 6.09 Å². The molecule has 6 heteroatoms. The van der Waals surface area contributed by atoms with Gasteiger partial charge in [-0.2, -0.15) is 4.91 Å². The first-order valence-corrected chi connectivity index (χ1v) is 8.52. The number of amides is 1. The Balaban J connectivity index is 2.03. The molecule has 0 saturated carbocycles. The molecule has 128 valence electrons. The third-order valence-corrected chi connectivity index (χ3v) is 4.46. The quantitative estimate of drug-likeness (QED) is 0.712. The summed E-state index contributed by atoms with van der Waals surface area (Å²) in [6, 6.07) is -0.362. The number of carbonyl (C=O) groups is 1. The number of nitroso groups, excluding NO2 is 1. The van der Waals surface area contributed by atoms with Gasteiger partial charge in [0.05, 0.1) is 0 Å². The van der Waals surface area contributed by atoms with Crippen molar-refractivity contribution in [3.63, 3.8) is 0 Å². The molecule has 0 aromatic carbocycles. The van der Waals surface area contributed by atoms with Crippen molar-refractivity contribution in [2.24, 2.45) is 17.0 Å². The Morgan fingerprint density at radius 2 is 2.22 bits per heavy atom. The lowest BCUT2D eigenvalue weighted by Gasteiger charge is -2.37. The summed E-state index contributed by atoms with van der Waals surface area (Å²) in [4.78, 5) is 25.4. The first-order chi connectivity index (χ1) is 10.8. The van der Waals surface area contributed by atoms with Gasteiger partial charge in [-0.1, -0.05) is 28.9 Å². The average molecular weight is 341 g/mol. The van der Waals surface area contributed by atoms with E-state index in [0.717, 1.165) is 19.3 Å². The maximum Gasteiger partial charge on any atom is 0.410 e. The highest BCUT2D eigenvalue weighted by molar-refractivity contribution is 6.31. The van der Waals surface area contributed by atoms with Gasteiger partial charge in [-0.05, 0) is 46.1 Å². The van der Waals surface area contributed by atoms with E-state index >= 15 is 0 Å². The van der Waals surface area contributed by atoms with Crippen molar-refractivity contribution in [2.45, 2.75) is 51.7 Å². The molecular weight excluding hydrogens is 316 g/mol. The molecule has 1 aliphatic heterocycles. The predicted octanol–water partition coefficient (Wildman–Crippen LogP) is 4.47. The van der Waals surface area contributed by atoms with Gasteiger partial charge in [0.15, 0.2) is 0 Å². The van der Waals surface area contributed by atoms with E-state index in [9.17, 15) is 9.70 Å². The minimum Gasteiger partial charge on any atom is -0.444 e. The van der Waals surface area contributed by atoms with E-state index in [2.05, 4.69) is 5.18 Å². The summed E-state index contributed by atoms with van der Waals surface area (Å²) in [5, 5.41) is 4.02. The van der Waals surface area contributed by atoms with Gasteiger partial charge in [0, 0.05) is 30.0 Å². The van der Waals surface area contributed by atoms with Crippen LogP contribution in [0, 0.1) is 16.7 Å². The Morgan fingerprint density at radius 3 is 2.83 bits per heavy atom. The van der Waals surface area contributed by atoms with Crippen molar-refractivity contribution >= 4 is 17.7 Å². The molecule has 1 aliphatic carbocycles. The molecule has 3 atom stereocenters. The monoisotopic (exact) mass is 340 g/mol. The van der Waals surface area contributed by atoms with Crippen LogP contribution in [0.5, 0.6) is 0 Å². The molecular formula is C17H25ClN2O3. The van der Waals surface area contributed by atoms with E-state index in [1.807, 2.05) is 39.0 Å². The molecule has 1 saturated heterocycles. The number of hydrogen-bond acceptors (Lipinski definition) is 4. The normalized spacial score (nSPS) is 26.4. The second kappa shape index (κ2) is 7.47. The van der Waals surface area contributed by atoms with Gasteiger partial charge in [-0.3, -0.25) is 0 Å². The van der Waals surface area contributed by atoms with Crippen molar-refractivity contribution in [2.75, 3.05) is 13.1 Å². The Labute approximate surface area is 142 Å². The van der Waals surface area contributed by atoms with E-state index in [4.69, 9.17) is 16.3 Å². The van der Waals surface area contributed by atoms with Gasteiger partial charge in [-0.25, -0.2) is 4.79 Å². The van der Waals surface area contributed by atoms with Crippen LogP contribution >= 0.6 is 11.6 Å². The molecule has 0 N–H and O–H groups in total. The van der Waals surface area contributed by atoms with Crippen molar-refractivity contribution in [3.8, 4) is 0 Å². The smallest absolute Gasteiger partial charge is 0.410 e. The molecule has 5 nitrogen and oxygen atoms in total. The summed E-state index contributed by atoms with van der Waals surface area (Å²) in [7, 11) is 0. The number of likely N-dealkylation sites (tertiary alicyclic amines) is 1. The SMILES string of the molecule is CC(C)(C)OC(=O)N1CCC[C@@H]([C@@H](N=O)C2C=C(Cl)C=CC2)C1. The lowest BCUT2D eigenvalue weighted by molar-refractivity contribution is 0.0144. The number of rotatable bonds is 3. The third kappa shape index (κ3) is 5.06. The molecule has 0 aromatic rings. The van der Waals surface area contributed by atoms with Crippen molar-refractivity contribution in [1.29, 1.82) is 0 Å². The third-order valence-electron chi connectivity index (χ3n) is 4.21. The lowest BCUT2D eigenvalue weighted by Crippen LogP contribution is -2.46. The van der Waals surface area contributed by atoms with Gasteiger partial charge in [-0.15, -0.1) is 0 Å². The summed E-state index contributed by atoms with van der Waals surface area (Å²) >= 11 is 6.05. The number of piperidine rings is 1. The number of hydrogen-bond donors (Lipinski definition) is 0. The van der Waals surface area contributed by atoms with Gasteiger partial charge in [0.25, 0.3) is 0 Å². The van der Waals surface area contributed by atoms with Crippen molar-refractivity contribution in [1.82, 2.24) is 4.90 Å². The molecule has 23 heavy (non-hydrogen) atoms. The van der Waals surface area contributed by atoms with Crippen LogP contribution in [0.15, 0.2) is 28.4 Å².